The number of rotatable bonds is 6. The van der Waals surface area contributed by atoms with Crippen LogP contribution < -0.4 is 5.32 Å². The van der Waals surface area contributed by atoms with Gasteiger partial charge >= 0.3 is 5.97 Å². The first-order chi connectivity index (χ1) is 8.54. The number of carboxylic acids is 1. The van der Waals surface area contributed by atoms with Crippen LogP contribution in [0.15, 0.2) is 24.3 Å². The number of carbonyl (C=O) groups is 2. The minimum atomic E-state index is -1.06. The normalized spacial score (nSPS) is 11.9. The van der Waals surface area contributed by atoms with Gasteiger partial charge in [-0.3, -0.25) is 4.79 Å². The summed E-state index contributed by atoms with van der Waals surface area (Å²) in [6.45, 7) is 0. The Kier molecular flexibility index (Phi) is 6.01. The standard InChI is InChI=1S/C12H14ClNO3S/c13-9-4-2-1-3-8(9)7-11(15)14-10(5-6-18)12(16)17/h1-4,10,18H,5-7H2,(H,14,15)(H,16,17). The van der Waals surface area contributed by atoms with Crippen LogP contribution in [0.3, 0.4) is 0 Å². The quantitative estimate of drug-likeness (QED) is 0.699. The van der Waals surface area contributed by atoms with Crippen molar-refractivity contribution in [3.63, 3.8) is 0 Å². The molecule has 0 saturated heterocycles. The summed E-state index contributed by atoms with van der Waals surface area (Å²) >= 11 is 9.88. The van der Waals surface area contributed by atoms with Crippen molar-refractivity contribution >= 4 is 36.1 Å². The molecule has 0 heterocycles. The fourth-order valence-electron chi connectivity index (χ4n) is 1.45. The molecule has 1 aromatic rings. The smallest absolute Gasteiger partial charge is 0.326 e. The van der Waals surface area contributed by atoms with Crippen molar-refractivity contribution < 1.29 is 14.7 Å². The number of benzene rings is 1. The van der Waals surface area contributed by atoms with E-state index in [1.807, 2.05) is 0 Å². The lowest BCUT2D eigenvalue weighted by molar-refractivity contribution is -0.141. The second-order valence-corrected chi connectivity index (χ2v) is 4.59. The first-order valence-electron chi connectivity index (χ1n) is 5.41. The van der Waals surface area contributed by atoms with Crippen molar-refractivity contribution in [1.29, 1.82) is 0 Å². The Balaban J connectivity index is 2.61. The number of hydrogen-bond acceptors (Lipinski definition) is 3. The van der Waals surface area contributed by atoms with Crippen molar-refractivity contribution in [3.05, 3.63) is 34.9 Å². The van der Waals surface area contributed by atoms with E-state index in [2.05, 4.69) is 17.9 Å². The van der Waals surface area contributed by atoms with Gasteiger partial charge in [0.1, 0.15) is 6.04 Å². The van der Waals surface area contributed by atoms with Gasteiger partial charge in [0.05, 0.1) is 6.42 Å². The van der Waals surface area contributed by atoms with E-state index in [1.165, 1.54) is 0 Å². The molecule has 1 rings (SSSR count). The molecule has 4 nitrogen and oxygen atoms in total. The minimum Gasteiger partial charge on any atom is -0.480 e. The summed E-state index contributed by atoms with van der Waals surface area (Å²) in [5, 5.41) is 11.8. The predicted octanol–water partition coefficient (Wildman–Crippen LogP) is 1.77. The summed E-state index contributed by atoms with van der Waals surface area (Å²) in [6.07, 6.45) is 0.350. The van der Waals surface area contributed by atoms with Gasteiger partial charge < -0.3 is 10.4 Å². The molecule has 0 saturated carbocycles. The molecule has 0 spiro atoms. The number of hydrogen-bond donors (Lipinski definition) is 3. The van der Waals surface area contributed by atoms with Crippen LogP contribution in [-0.2, 0) is 16.0 Å². The Labute approximate surface area is 116 Å². The van der Waals surface area contributed by atoms with Gasteiger partial charge in [0.15, 0.2) is 0 Å². The van der Waals surface area contributed by atoms with Gasteiger partial charge in [0, 0.05) is 5.02 Å². The van der Waals surface area contributed by atoms with Crippen molar-refractivity contribution in [2.45, 2.75) is 18.9 Å². The van der Waals surface area contributed by atoms with E-state index in [0.717, 1.165) is 0 Å². The molecule has 0 fully saturated rings. The van der Waals surface area contributed by atoms with Gasteiger partial charge in [0.25, 0.3) is 0 Å². The molecule has 18 heavy (non-hydrogen) atoms. The van der Waals surface area contributed by atoms with Gasteiger partial charge in [-0.25, -0.2) is 4.79 Å². The summed E-state index contributed by atoms with van der Waals surface area (Å²) < 4.78 is 0. The molecular weight excluding hydrogens is 274 g/mol. The third-order valence-corrected chi connectivity index (χ3v) is 2.99. The molecule has 0 aliphatic rings. The van der Waals surface area contributed by atoms with Crippen molar-refractivity contribution in [2.24, 2.45) is 0 Å². The fourth-order valence-corrected chi connectivity index (χ4v) is 1.91. The summed E-state index contributed by atoms with van der Waals surface area (Å²) in [7, 11) is 0. The molecule has 98 valence electrons. The predicted molar refractivity (Wildman–Crippen MR) is 73.2 cm³/mol. The van der Waals surface area contributed by atoms with E-state index >= 15 is 0 Å². The Hall–Kier alpha value is -1.20. The molecule has 1 aromatic carbocycles. The second-order valence-electron chi connectivity index (χ2n) is 3.74. The Morgan fingerprint density at radius 3 is 2.61 bits per heavy atom. The molecule has 1 atom stereocenters. The summed E-state index contributed by atoms with van der Waals surface area (Å²) in [4.78, 5) is 22.6. The lowest BCUT2D eigenvalue weighted by Crippen LogP contribution is -2.41. The van der Waals surface area contributed by atoms with Crippen LogP contribution in [0.4, 0.5) is 0 Å². The molecule has 0 aromatic heterocycles. The van der Waals surface area contributed by atoms with Crippen LogP contribution >= 0.6 is 24.2 Å². The van der Waals surface area contributed by atoms with E-state index in [4.69, 9.17) is 16.7 Å². The third kappa shape index (κ3) is 4.58. The monoisotopic (exact) mass is 287 g/mol. The van der Waals surface area contributed by atoms with Gasteiger partial charge in [0.2, 0.25) is 5.91 Å². The average Bonchev–Trinajstić information content (AvgIpc) is 2.31. The van der Waals surface area contributed by atoms with Gasteiger partial charge in [-0.2, -0.15) is 12.6 Å². The first-order valence-corrected chi connectivity index (χ1v) is 6.42. The largest absolute Gasteiger partial charge is 0.480 e. The zero-order valence-electron chi connectivity index (χ0n) is 9.60. The van der Waals surface area contributed by atoms with Crippen LogP contribution in [0.2, 0.25) is 5.02 Å². The van der Waals surface area contributed by atoms with Crippen LogP contribution in [0.1, 0.15) is 12.0 Å². The fraction of sp³-hybridized carbons (Fsp3) is 0.333. The van der Waals surface area contributed by atoms with E-state index in [1.54, 1.807) is 24.3 Å². The topological polar surface area (TPSA) is 66.4 Å². The molecule has 0 aliphatic heterocycles. The van der Waals surface area contributed by atoms with Gasteiger partial charge in [-0.15, -0.1) is 0 Å². The van der Waals surface area contributed by atoms with E-state index in [0.29, 0.717) is 16.3 Å². The maximum Gasteiger partial charge on any atom is 0.326 e. The highest BCUT2D eigenvalue weighted by atomic mass is 35.5. The molecular formula is C12H14ClNO3S. The number of nitrogens with one attached hydrogen (secondary N) is 1. The molecule has 1 unspecified atom stereocenters. The zero-order valence-corrected chi connectivity index (χ0v) is 11.2. The number of thiol groups is 1. The highest BCUT2D eigenvalue weighted by molar-refractivity contribution is 7.80. The number of amides is 1. The van der Waals surface area contributed by atoms with E-state index in [-0.39, 0.29) is 18.7 Å². The highest BCUT2D eigenvalue weighted by Crippen LogP contribution is 2.15. The molecule has 6 heteroatoms. The number of aliphatic carboxylic acids is 1. The number of carbonyl (C=O) groups excluding carboxylic acids is 1. The lowest BCUT2D eigenvalue weighted by Gasteiger charge is -2.13. The lowest BCUT2D eigenvalue weighted by atomic mass is 10.1. The molecule has 2 N–H and O–H groups in total. The van der Waals surface area contributed by atoms with Crippen LogP contribution in [0.5, 0.6) is 0 Å². The molecule has 0 bridgehead atoms. The van der Waals surface area contributed by atoms with Crippen molar-refractivity contribution in [2.75, 3.05) is 5.75 Å². The number of halogens is 1. The SMILES string of the molecule is O=C(Cc1ccccc1Cl)NC(CCS)C(=O)O. The van der Waals surface area contributed by atoms with Gasteiger partial charge in [-0.05, 0) is 23.8 Å². The molecule has 0 aliphatic carbocycles. The van der Waals surface area contributed by atoms with Crippen LogP contribution in [0.25, 0.3) is 0 Å². The van der Waals surface area contributed by atoms with Gasteiger partial charge in [-0.1, -0.05) is 29.8 Å². The minimum absolute atomic E-state index is 0.0655. The maximum atomic E-state index is 11.7. The second kappa shape index (κ2) is 7.28. The van der Waals surface area contributed by atoms with Crippen LogP contribution in [0, 0.1) is 0 Å². The van der Waals surface area contributed by atoms with Crippen molar-refractivity contribution in [1.82, 2.24) is 5.32 Å². The summed E-state index contributed by atoms with van der Waals surface area (Å²) in [6, 6.07) is 6.06. The first kappa shape index (κ1) is 14.9. The van der Waals surface area contributed by atoms with E-state index in [9.17, 15) is 9.59 Å². The molecule has 1 amide bonds. The molecule has 0 radical (unpaired) electrons. The average molecular weight is 288 g/mol. The third-order valence-electron chi connectivity index (χ3n) is 2.36. The highest BCUT2D eigenvalue weighted by Gasteiger charge is 2.19. The Morgan fingerprint density at radius 2 is 2.06 bits per heavy atom. The zero-order chi connectivity index (χ0) is 13.5. The number of carboxylic acid groups (broad SMARTS) is 1. The Morgan fingerprint density at radius 1 is 1.39 bits per heavy atom. The summed E-state index contributed by atoms with van der Waals surface area (Å²) in [5.74, 6) is -1.03. The Bertz CT molecular complexity index is 439. The summed E-state index contributed by atoms with van der Waals surface area (Å²) in [5.41, 5.74) is 0.673. The maximum absolute atomic E-state index is 11.7. The van der Waals surface area contributed by atoms with Crippen molar-refractivity contribution in [3.8, 4) is 0 Å². The van der Waals surface area contributed by atoms with Crippen LogP contribution in [-0.4, -0.2) is 28.8 Å². The van der Waals surface area contributed by atoms with E-state index < -0.39 is 12.0 Å².